The molecule has 0 aromatic heterocycles. The van der Waals surface area contributed by atoms with Gasteiger partial charge in [0.05, 0.1) is 24.3 Å². The van der Waals surface area contributed by atoms with Crippen LogP contribution < -0.4 is 19.5 Å². The molecule has 3 aromatic carbocycles. The summed E-state index contributed by atoms with van der Waals surface area (Å²) in [5.74, 6) is 0.573. The van der Waals surface area contributed by atoms with Crippen molar-refractivity contribution < 1.29 is 22.7 Å². The number of rotatable bonds is 8. The van der Waals surface area contributed by atoms with Crippen molar-refractivity contribution in [3.05, 3.63) is 77.3 Å². The third kappa shape index (κ3) is 5.68. The van der Waals surface area contributed by atoms with Gasteiger partial charge < -0.3 is 14.8 Å². The van der Waals surface area contributed by atoms with E-state index < -0.39 is 15.9 Å². The highest BCUT2D eigenvalue weighted by Crippen LogP contribution is 2.29. The van der Waals surface area contributed by atoms with Gasteiger partial charge in [0.15, 0.2) is 0 Å². The number of sulfonamides is 1. The van der Waals surface area contributed by atoms with Gasteiger partial charge >= 0.3 is 0 Å². The van der Waals surface area contributed by atoms with Crippen LogP contribution in [0, 0.1) is 0 Å². The molecule has 0 unspecified atom stereocenters. The van der Waals surface area contributed by atoms with Crippen LogP contribution in [0.5, 0.6) is 11.5 Å². The molecule has 0 aliphatic carbocycles. The molecule has 2 N–H and O–H groups in total. The number of benzene rings is 3. The Labute approximate surface area is 186 Å². The number of carbonyl (C=O) groups excluding carboxylic acids is 1. The van der Waals surface area contributed by atoms with Crippen molar-refractivity contribution in [2.45, 2.75) is 11.8 Å². The predicted octanol–water partition coefficient (Wildman–Crippen LogP) is 4.80. The molecule has 0 atom stereocenters. The molecule has 0 radical (unpaired) electrons. The zero-order valence-electron chi connectivity index (χ0n) is 16.9. The number of methoxy groups -OCH3 is 1. The maximum atomic E-state index is 12.8. The van der Waals surface area contributed by atoms with E-state index in [0.717, 1.165) is 0 Å². The second-order valence-corrected chi connectivity index (χ2v) is 8.51. The Hall–Kier alpha value is -3.23. The van der Waals surface area contributed by atoms with Crippen molar-refractivity contribution in [1.29, 1.82) is 0 Å². The maximum absolute atomic E-state index is 12.8. The first kappa shape index (κ1) is 22.5. The molecule has 162 valence electrons. The van der Waals surface area contributed by atoms with Crippen molar-refractivity contribution in [2.75, 3.05) is 23.8 Å². The topological polar surface area (TPSA) is 93.7 Å². The van der Waals surface area contributed by atoms with Crippen LogP contribution in [0.4, 0.5) is 11.4 Å². The van der Waals surface area contributed by atoms with Gasteiger partial charge in [0.2, 0.25) is 0 Å². The summed E-state index contributed by atoms with van der Waals surface area (Å²) in [4.78, 5) is 12.7. The third-order valence-corrected chi connectivity index (χ3v) is 5.85. The van der Waals surface area contributed by atoms with Crippen molar-refractivity contribution in [1.82, 2.24) is 0 Å². The number of halogens is 1. The molecule has 31 heavy (non-hydrogen) atoms. The van der Waals surface area contributed by atoms with Crippen LogP contribution in [0.1, 0.15) is 17.3 Å². The monoisotopic (exact) mass is 460 g/mol. The molecule has 3 aromatic rings. The zero-order chi connectivity index (χ0) is 22.4. The molecule has 0 aliphatic heterocycles. The summed E-state index contributed by atoms with van der Waals surface area (Å²) >= 11 is 6.03. The Morgan fingerprint density at radius 2 is 1.77 bits per heavy atom. The van der Waals surface area contributed by atoms with Crippen LogP contribution in [0.2, 0.25) is 5.02 Å². The zero-order valence-corrected chi connectivity index (χ0v) is 18.5. The highest BCUT2D eigenvalue weighted by molar-refractivity contribution is 7.92. The van der Waals surface area contributed by atoms with Gasteiger partial charge in [-0.1, -0.05) is 17.7 Å². The Kier molecular flexibility index (Phi) is 7.04. The predicted molar refractivity (Wildman–Crippen MR) is 121 cm³/mol. The molecule has 0 saturated heterocycles. The minimum atomic E-state index is -3.90. The molecule has 0 bridgehead atoms. The molecule has 7 nitrogen and oxygen atoms in total. The SMILES string of the molecule is CCOc1ccc(Cl)cc1NC(=O)c1cccc(S(=O)(=O)Nc2ccc(OC)cc2)c1. The van der Waals surface area contributed by atoms with Gasteiger partial charge in [-0.2, -0.15) is 0 Å². The molecule has 0 spiro atoms. The second-order valence-electron chi connectivity index (χ2n) is 6.39. The summed E-state index contributed by atoms with van der Waals surface area (Å²) < 4.78 is 38.6. The first-order valence-corrected chi connectivity index (χ1v) is 11.2. The Bertz CT molecular complexity index is 1180. The number of nitrogens with one attached hydrogen (secondary N) is 2. The van der Waals surface area contributed by atoms with Gasteiger partial charge in [-0.05, 0) is 67.6 Å². The fraction of sp³-hybridized carbons (Fsp3) is 0.136. The molecule has 1 amide bonds. The molecular formula is C22H21ClN2O5S. The van der Waals surface area contributed by atoms with E-state index in [2.05, 4.69) is 10.0 Å². The van der Waals surface area contributed by atoms with Gasteiger partial charge in [0, 0.05) is 16.3 Å². The smallest absolute Gasteiger partial charge is 0.261 e. The van der Waals surface area contributed by atoms with Gasteiger partial charge in [0.1, 0.15) is 11.5 Å². The van der Waals surface area contributed by atoms with E-state index >= 15 is 0 Å². The number of carbonyl (C=O) groups is 1. The molecule has 0 saturated carbocycles. The summed E-state index contributed by atoms with van der Waals surface area (Å²) in [6.45, 7) is 2.24. The fourth-order valence-corrected chi connectivity index (χ4v) is 4.03. The lowest BCUT2D eigenvalue weighted by atomic mass is 10.2. The lowest BCUT2D eigenvalue weighted by Gasteiger charge is -2.13. The standard InChI is InChI=1S/C22H21ClN2O5S/c1-3-30-21-12-7-16(23)14-20(21)24-22(26)15-5-4-6-19(13-15)31(27,28)25-17-8-10-18(29-2)11-9-17/h4-14,25H,3H2,1-2H3,(H,24,26). The van der Waals surface area contributed by atoms with Crippen LogP contribution >= 0.6 is 11.6 Å². The van der Waals surface area contributed by atoms with E-state index in [1.165, 1.54) is 31.4 Å². The van der Waals surface area contributed by atoms with E-state index in [1.54, 1.807) is 42.5 Å². The highest BCUT2D eigenvalue weighted by Gasteiger charge is 2.18. The van der Waals surface area contributed by atoms with Crippen LogP contribution in [0.15, 0.2) is 71.6 Å². The normalized spacial score (nSPS) is 10.9. The molecule has 9 heteroatoms. The summed E-state index contributed by atoms with van der Waals surface area (Å²) in [5.41, 5.74) is 0.930. The Morgan fingerprint density at radius 1 is 1.03 bits per heavy atom. The van der Waals surface area contributed by atoms with E-state index in [0.29, 0.717) is 34.5 Å². The highest BCUT2D eigenvalue weighted by atomic mass is 35.5. The van der Waals surface area contributed by atoms with Crippen molar-refractivity contribution in [3.63, 3.8) is 0 Å². The average molecular weight is 461 g/mol. The molecule has 3 rings (SSSR count). The fourth-order valence-electron chi connectivity index (χ4n) is 2.75. The minimum absolute atomic E-state index is 0.0490. The average Bonchev–Trinajstić information content (AvgIpc) is 2.76. The van der Waals surface area contributed by atoms with E-state index in [4.69, 9.17) is 21.1 Å². The summed E-state index contributed by atoms with van der Waals surface area (Å²) in [7, 11) is -2.38. The molecule has 0 aliphatic rings. The number of anilines is 2. The van der Waals surface area contributed by atoms with E-state index in [1.807, 2.05) is 6.92 Å². The molecular weight excluding hydrogens is 440 g/mol. The van der Waals surface area contributed by atoms with Crippen LogP contribution in [-0.4, -0.2) is 28.0 Å². The minimum Gasteiger partial charge on any atom is -0.497 e. The van der Waals surface area contributed by atoms with Crippen molar-refractivity contribution >= 4 is 38.9 Å². The summed E-state index contributed by atoms with van der Waals surface area (Å²) in [5, 5.41) is 3.15. The number of hydrogen-bond acceptors (Lipinski definition) is 5. The number of ether oxygens (including phenoxy) is 2. The van der Waals surface area contributed by atoms with Crippen LogP contribution in [0.25, 0.3) is 0 Å². The van der Waals surface area contributed by atoms with Gasteiger partial charge in [-0.3, -0.25) is 9.52 Å². The second kappa shape index (κ2) is 9.72. The Balaban J connectivity index is 1.82. The first-order valence-electron chi connectivity index (χ1n) is 9.33. The molecule has 0 heterocycles. The number of hydrogen-bond donors (Lipinski definition) is 2. The first-order chi connectivity index (χ1) is 14.8. The van der Waals surface area contributed by atoms with Gasteiger partial charge in [-0.25, -0.2) is 8.42 Å². The largest absolute Gasteiger partial charge is 0.497 e. The van der Waals surface area contributed by atoms with E-state index in [-0.39, 0.29) is 10.5 Å². The third-order valence-electron chi connectivity index (χ3n) is 4.24. The maximum Gasteiger partial charge on any atom is 0.261 e. The quantitative estimate of drug-likeness (QED) is 0.503. The van der Waals surface area contributed by atoms with Gasteiger partial charge in [0.25, 0.3) is 15.9 Å². The van der Waals surface area contributed by atoms with E-state index in [9.17, 15) is 13.2 Å². The van der Waals surface area contributed by atoms with Crippen molar-refractivity contribution in [3.8, 4) is 11.5 Å². The Morgan fingerprint density at radius 3 is 2.45 bits per heavy atom. The lowest BCUT2D eigenvalue weighted by molar-refractivity contribution is 0.102. The summed E-state index contributed by atoms with van der Waals surface area (Å²) in [6.07, 6.45) is 0. The summed E-state index contributed by atoms with van der Waals surface area (Å²) in [6, 6.07) is 17.1. The van der Waals surface area contributed by atoms with Crippen LogP contribution in [0.3, 0.4) is 0 Å². The van der Waals surface area contributed by atoms with Gasteiger partial charge in [-0.15, -0.1) is 0 Å². The number of amides is 1. The van der Waals surface area contributed by atoms with Crippen LogP contribution in [-0.2, 0) is 10.0 Å². The van der Waals surface area contributed by atoms with Crippen molar-refractivity contribution in [2.24, 2.45) is 0 Å². The lowest BCUT2D eigenvalue weighted by Crippen LogP contribution is -2.16. The molecule has 0 fully saturated rings.